The van der Waals surface area contributed by atoms with E-state index in [0.717, 1.165) is 28.5 Å². The van der Waals surface area contributed by atoms with Crippen LogP contribution in [0.15, 0.2) is 17.7 Å². The van der Waals surface area contributed by atoms with E-state index >= 15 is 0 Å². The summed E-state index contributed by atoms with van der Waals surface area (Å²) in [5, 5.41) is 0.981. The van der Waals surface area contributed by atoms with Crippen molar-refractivity contribution in [3.05, 3.63) is 12.7 Å². The van der Waals surface area contributed by atoms with Gasteiger partial charge in [0.05, 0.1) is 6.33 Å². The molecular formula is C13H21N5S. The molecule has 5 nitrogen and oxygen atoms in total. The Kier molecular flexibility index (Phi) is 4.76. The van der Waals surface area contributed by atoms with Gasteiger partial charge in [-0.15, -0.1) is 11.8 Å². The van der Waals surface area contributed by atoms with E-state index in [-0.39, 0.29) is 0 Å². The molecule has 2 aromatic rings. The normalized spacial score (nSPS) is 12.2. The number of rotatable bonds is 6. The molecule has 0 aromatic carbocycles. The molecule has 19 heavy (non-hydrogen) atoms. The van der Waals surface area contributed by atoms with Crippen LogP contribution >= 0.6 is 11.8 Å². The molecule has 0 atom stereocenters. The number of imidazole rings is 1. The molecule has 2 heterocycles. The highest BCUT2D eigenvalue weighted by atomic mass is 32.2. The van der Waals surface area contributed by atoms with Crippen LogP contribution in [0.1, 0.15) is 27.7 Å². The minimum Gasteiger partial charge on any atom is -0.341 e. The Balaban J connectivity index is 1.97. The molecule has 2 aromatic heterocycles. The molecule has 0 aliphatic heterocycles. The number of hydrogen-bond donors (Lipinski definition) is 1. The molecule has 6 heteroatoms. The average Bonchev–Trinajstić information content (AvgIpc) is 2.82. The van der Waals surface area contributed by atoms with Gasteiger partial charge in [-0.1, -0.05) is 0 Å². The lowest BCUT2D eigenvalue weighted by molar-refractivity contribution is 0.187. The topological polar surface area (TPSA) is 57.7 Å². The summed E-state index contributed by atoms with van der Waals surface area (Å²) in [7, 11) is 0. The molecule has 0 aliphatic carbocycles. The summed E-state index contributed by atoms with van der Waals surface area (Å²) < 4.78 is 0. The van der Waals surface area contributed by atoms with Gasteiger partial charge in [-0.25, -0.2) is 15.0 Å². The number of nitrogens with zero attached hydrogens (tertiary/aromatic N) is 4. The first kappa shape index (κ1) is 14.3. The van der Waals surface area contributed by atoms with Crippen LogP contribution in [0.5, 0.6) is 0 Å². The van der Waals surface area contributed by atoms with Gasteiger partial charge in [0, 0.05) is 24.4 Å². The van der Waals surface area contributed by atoms with Crippen molar-refractivity contribution < 1.29 is 0 Å². The number of fused-ring (bicyclic) bond motifs is 1. The van der Waals surface area contributed by atoms with Crippen LogP contribution < -0.4 is 0 Å². The lowest BCUT2D eigenvalue weighted by Gasteiger charge is -2.30. The molecule has 0 saturated heterocycles. The van der Waals surface area contributed by atoms with Crippen molar-refractivity contribution in [2.24, 2.45) is 0 Å². The molecule has 1 N–H and O–H groups in total. The molecule has 0 bridgehead atoms. The Morgan fingerprint density at radius 3 is 2.58 bits per heavy atom. The van der Waals surface area contributed by atoms with Gasteiger partial charge in [0.15, 0.2) is 5.65 Å². The van der Waals surface area contributed by atoms with Gasteiger partial charge in [0.1, 0.15) is 16.9 Å². The molecule has 0 amide bonds. The second-order valence-electron chi connectivity index (χ2n) is 5.05. The molecule has 0 saturated carbocycles. The largest absolute Gasteiger partial charge is 0.341 e. The van der Waals surface area contributed by atoms with Crippen LogP contribution in [0.25, 0.3) is 11.2 Å². The van der Waals surface area contributed by atoms with Crippen LogP contribution in [-0.4, -0.2) is 49.2 Å². The Morgan fingerprint density at radius 1 is 1.16 bits per heavy atom. The smallest absolute Gasteiger partial charge is 0.181 e. The van der Waals surface area contributed by atoms with Gasteiger partial charge in [0.2, 0.25) is 0 Å². The third-order valence-electron chi connectivity index (χ3n) is 3.10. The van der Waals surface area contributed by atoms with Crippen molar-refractivity contribution in [3.8, 4) is 0 Å². The van der Waals surface area contributed by atoms with E-state index in [0.29, 0.717) is 12.1 Å². The first-order valence-corrected chi connectivity index (χ1v) is 7.60. The molecular weight excluding hydrogens is 258 g/mol. The van der Waals surface area contributed by atoms with Crippen LogP contribution in [0.3, 0.4) is 0 Å². The fourth-order valence-electron chi connectivity index (χ4n) is 2.21. The highest BCUT2D eigenvalue weighted by Crippen LogP contribution is 2.22. The Labute approximate surface area is 118 Å². The number of aromatic nitrogens is 4. The standard InChI is InChI=1S/C13H21N5S/c1-9(2)18(10(3)4)5-6-19-13-11-12(15-7-14-11)16-8-17-13/h7-10H,5-6H2,1-4H3,(H,14,15,16,17). The van der Waals surface area contributed by atoms with E-state index in [1.807, 2.05) is 0 Å². The van der Waals surface area contributed by atoms with Gasteiger partial charge < -0.3 is 4.98 Å². The molecule has 0 aliphatic rings. The molecule has 0 fully saturated rings. The molecule has 0 radical (unpaired) electrons. The van der Waals surface area contributed by atoms with Crippen molar-refractivity contribution in [1.82, 2.24) is 24.8 Å². The monoisotopic (exact) mass is 279 g/mol. The zero-order valence-corrected chi connectivity index (χ0v) is 12.7. The third kappa shape index (κ3) is 3.45. The van der Waals surface area contributed by atoms with Crippen LogP contribution in [0.2, 0.25) is 0 Å². The first-order valence-electron chi connectivity index (χ1n) is 6.62. The highest BCUT2D eigenvalue weighted by molar-refractivity contribution is 7.99. The average molecular weight is 279 g/mol. The summed E-state index contributed by atoms with van der Waals surface area (Å²) in [5.41, 5.74) is 1.68. The fourth-order valence-corrected chi connectivity index (χ4v) is 3.12. The van der Waals surface area contributed by atoms with Gasteiger partial charge in [-0.3, -0.25) is 4.90 Å². The third-order valence-corrected chi connectivity index (χ3v) is 4.07. The zero-order valence-electron chi connectivity index (χ0n) is 11.9. The Hall–Kier alpha value is -1.14. The maximum atomic E-state index is 4.33. The van der Waals surface area contributed by atoms with Crippen molar-refractivity contribution in [2.45, 2.75) is 44.8 Å². The maximum absolute atomic E-state index is 4.33. The Bertz CT molecular complexity index is 514. The zero-order chi connectivity index (χ0) is 13.8. The van der Waals surface area contributed by atoms with Crippen molar-refractivity contribution in [2.75, 3.05) is 12.3 Å². The summed E-state index contributed by atoms with van der Waals surface area (Å²) in [5.74, 6) is 1.02. The number of thioether (sulfide) groups is 1. The quantitative estimate of drug-likeness (QED) is 0.650. The second-order valence-corrected chi connectivity index (χ2v) is 6.14. The minimum absolute atomic E-state index is 0.568. The maximum Gasteiger partial charge on any atom is 0.181 e. The number of H-pyrrole nitrogens is 1. The van der Waals surface area contributed by atoms with Crippen LogP contribution in [0, 0.1) is 0 Å². The summed E-state index contributed by atoms with van der Waals surface area (Å²) >= 11 is 1.75. The summed E-state index contributed by atoms with van der Waals surface area (Å²) in [6.45, 7) is 10.0. The highest BCUT2D eigenvalue weighted by Gasteiger charge is 2.13. The van der Waals surface area contributed by atoms with E-state index in [1.54, 1.807) is 24.4 Å². The van der Waals surface area contributed by atoms with Crippen molar-refractivity contribution in [1.29, 1.82) is 0 Å². The molecule has 0 spiro atoms. The summed E-state index contributed by atoms with van der Waals surface area (Å²) in [4.78, 5) is 18.2. The molecule has 0 unspecified atom stereocenters. The second kappa shape index (κ2) is 6.34. The lowest BCUT2D eigenvalue weighted by atomic mass is 10.2. The molecule has 2 rings (SSSR count). The van der Waals surface area contributed by atoms with Gasteiger partial charge in [-0.2, -0.15) is 0 Å². The predicted octanol–water partition coefficient (Wildman–Crippen LogP) is 2.56. The predicted molar refractivity (Wildman–Crippen MR) is 79.4 cm³/mol. The number of aromatic amines is 1. The van der Waals surface area contributed by atoms with E-state index in [2.05, 4.69) is 52.5 Å². The first-order chi connectivity index (χ1) is 9.09. The Morgan fingerprint density at radius 2 is 1.89 bits per heavy atom. The van der Waals surface area contributed by atoms with Crippen LogP contribution in [0.4, 0.5) is 0 Å². The fraction of sp³-hybridized carbons (Fsp3) is 0.615. The van der Waals surface area contributed by atoms with Crippen LogP contribution in [-0.2, 0) is 0 Å². The SMILES string of the molecule is CC(C)N(CCSc1ncnc2nc[nH]c12)C(C)C. The van der Waals surface area contributed by atoms with E-state index in [1.165, 1.54) is 0 Å². The van der Waals surface area contributed by atoms with Gasteiger partial charge >= 0.3 is 0 Å². The van der Waals surface area contributed by atoms with Crippen molar-refractivity contribution >= 4 is 22.9 Å². The lowest BCUT2D eigenvalue weighted by Crippen LogP contribution is -2.38. The van der Waals surface area contributed by atoms with Gasteiger partial charge in [0.25, 0.3) is 0 Å². The number of hydrogen-bond acceptors (Lipinski definition) is 5. The summed E-state index contributed by atoms with van der Waals surface area (Å²) in [6.07, 6.45) is 3.24. The molecule has 104 valence electrons. The minimum atomic E-state index is 0.568. The van der Waals surface area contributed by atoms with E-state index in [9.17, 15) is 0 Å². The number of nitrogens with one attached hydrogen (secondary N) is 1. The van der Waals surface area contributed by atoms with E-state index < -0.39 is 0 Å². The van der Waals surface area contributed by atoms with Crippen molar-refractivity contribution in [3.63, 3.8) is 0 Å². The van der Waals surface area contributed by atoms with E-state index in [4.69, 9.17) is 0 Å². The summed E-state index contributed by atoms with van der Waals surface area (Å²) in [6, 6.07) is 1.14. The van der Waals surface area contributed by atoms with Gasteiger partial charge in [-0.05, 0) is 27.7 Å².